The Morgan fingerprint density at radius 2 is 1.15 bits per heavy atom. The topological polar surface area (TPSA) is 12.0 Å². The quantitative estimate of drug-likeness (QED) is 0.468. The summed E-state index contributed by atoms with van der Waals surface area (Å²) in [5.74, 6) is -11.0. The van der Waals surface area contributed by atoms with Crippen LogP contribution in [0.1, 0.15) is 38.5 Å². The number of hydrogen-bond acceptors (Lipinski definition) is 1. The van der Waals surface area contributed by atoms with Crippen LogP contribution in [0.15, 0.2) is 0 Å². The Balaban J connectivity index is 1.74. The molecule has 0 aromatic heterocycles. The van der Waals surface area contributed by atoms with Crippen molar-refractivity contribution in [2.75, 3.05) is 0 Å². The smallest absolute Gasteiger partial charge is 0.277 e. The van der Waals surface area contributed by atoms with Gasteiger partial charge in [0.05, 0.1) is 0 Å². The van der Waals surface area contributed by atoms with Gasteiger partial charge in [-0.1, -0.05) is 0 Å². The molecule has 3 atom stereocenters. The molecule has 1 N–H and O–H groups in total. The zero-order valence-electron chi connectivity index (χ0n) is 13.7. The number of alkyl halides is 9. The van der Waals surface area contributed by atoms with Crippen LogP contribution in [0.4, 0.5) is 39.5 Å². The Morgan fingerprint density at radius 3 is 1.54 bits per heavy atom. The van der Waals surface area contributed by atoms with Gasteiger partial charge >= 0.3 is 11.8 Å². The fourth-order valence-electron chi connectivity index (χ4n) is 5.33. The predicted molar refractivity (Wildman–Crippen MR) is 74.6 cm³/mol. The van der Waals surface area contributed by atoms with Crippen molar-refractivity contribution in [2.24, 2.45) is 17.8 Å². The van der Waals surface area contributed by atoms with Crippen LogP contribution in [0.3, 0.4) is 0 Å². The molecule has 0 aromatic carbocycles. The molecule has 1 nitrogen and oxygen atoms in total. The normalized spacial score (nSPS) is 37.8. The van der Waals surface area contributed by atoms with Gasteiger partial charge in [0.25, 0.3) is 6.43 Å². The largest absolute Gasteiger partial charge is 0.356 e. The third-order valence-electron chi connectivity index (χ3n) is 6.10. The molecule has 4 rings (SSSR count). The lowest BCUT2D eigenvalue weighted by atomic mass is 9.53. The number of halogens is 9. The molecule has 4 aliphatic rings. The molecule has 0 aliphatic heterocycles. The molecule has 4 bridgehead atoms. The summed E-state index contributed by atoms with van der Waals surface area (Å²) < 4.78 is 120. The van der Waals surface area contributed by atoms with E-state index in [9.17, 15) is 39.5 Å². The molecule has 0 heterocycles. The van der Waals surface area contributed by atoms with Gasteiger partial charge in [-0.2, -0.15) is 17.6 Å². The summed E-state index contributed by atoms with van der Waals surface area (Å²) in [6.45, 7) is 0. The van der Waals surface area contributed by atoms with Gasteiger partial charge in [0.2, 0.25) is 12.5 Å². The second-order valence-electron chi connectivity index (χ2n) is 8.13. The predicted octanol–water partition coefficient (Wildman–Crippen LogP) is 5.05. The number of rotatable bonds is 7. The summed E-state index contributed by atoms with van der Waals surface area (Å²) in [6, 6.07) is 0. The summed E-state index contributed by atoms with van der Waals surface area (Å²) in [7, 11) is 0. The van der Waals surface area contributed by atoms with Crippen molar-refractivity contribution in [3.63, 3.8) is 0 Å². The van der Waals surface area contributed by atoms with Crippen LogP contribution in [0.2, 0.25) is 0 Å². The van der Waals surface area contributed by atoms with Crippen LogP contribution in [0.25, 0.3) is 0 Å². The summed E-state index contributed by atoms with van der Waals surface area (Å²) in [5.41, 5.74) is -1.09. The minimum atomic E-state index is -5.92. The van der Waals surface area contributed by atoms with Crippen molar-refractivity contribution in [1.29, 1.82) is 0 Å². The summed E-state index contributed by atoms with van der Waals surface area (Å²) in [6.07, 6.45) is -12.8. The first-order valence-corrected chi connectivity index (χ1v) is 8.61. The van der Waals surface area contributed by atoms with E-state index in [4.69, 9.17) is 0 Å². The van der Waals surface area contributed by atoms with Crippen molar-refractivity contribution < 1.29 is 39.5 Å². The maximum absolute atomic E-state index is 14.2. The minimum Gasteiger partial charge on any atom is -0.277 e. The molecule has 0 saturated heterocycles. The zero-order valence-corrected chi connectivity index (χ0v) is 13.7. The van der Waals surface area contributed by atoms with Crippen molar-refractivity contribution >= 4 is 0 Å². The highest BCUT2D eigenvalue weighted by Gasteiger charge is 2.70. The van der Waals surface area contributed by atoms with Gasteiger partial charge in [0.15, 0.2) is 6.17 Å². The second kappa shape index (κ2) is 6.44. The van der Waals surface area contributed by atoms with Crippen molar-refractivity contribution in [2.45, 2.75) is 81.0 Å². The summed E-state index contributed by atoms with van der Waals surface area (Å²) in [5, 5.41) is 1.92. The Labute approximate surface area is 144 Å². The highest BCUT2D eigenvalue weighted by Crippen LogP contribution is 2.56. The first-order valence-electron chi connectivity index (χ1n) is 8.61. The van der Waals surface area contributed by atoms with Crippen LogP contribution in [-0.2, 0) is 0 Å². The van der Waals surface area contributed by atoms with Crippen LogP contribution >= 0.6 is 0 Å². The Kier molecular flexibility index (Phi) is 4.98. The second-order valence-corrected chi connectivity index (χ2v) is 8.13. The lowest BCUT2D eigenvalue weighted by Gasteiger charge is -2.57. The van der Waals surface area contributed by atoms with E-state index in [1.165, 1.54) is 0 Å². The molecule has 10 heteroatoms. The van der Waals surface area contributed by atoms with Crippen LogP contribution in [0, 0.1) is 17.8 Å². The van der Waals surface area contributed by atoms with Crippen molar-refractivity contribution in [3.05, 3.63) is 0 Å². The Hall–Kier alpha value is -0.670. The molecule has 152 valence electrons. The SMILES string of the molecule is FC(F)C(F)C(F)C(F)(F)C(F)(F)C(F)NC12CC3CC(CC(C3)C1)C2. The molecule has 0 amide bonds. The van der Waals surface area contributed by atoms with E-state index in [1.54, 1.807) is 0 Å². The molecule has 3 unspecified atom stereocenters. The Morgan fingerprint density at radius 1 is 0.731 bits per heavy atom. The Bertz CT molecular complexity index is 489. The maximum Gasteiger partial charge on any atom is 0.356 e. The molecule has 4 fully saturated rings. The molecule has 26 heavy (non-hydrogen) atoms. The average Bonchev–Trinajstić information content (AvgIpc) is 2.51. The van der Waals surface area contributed by atoms with Gasteiger partial charge in [0, 0.05) is 5.54 Å². The monoisotopic (exact) mass is 397 g/mol. The van der Waals surface area contributed by atoms with E-state index in [-0.39, 0.29) is 17.8 Å². The van der Waals surface area contributed by atoms with E-state index in [2.05, 4.69) is 0 Å². The molecular weight excluding hydrogens is 377 g/mol. The molecule has 0 aromatic rings. The third-order valence-corrected chi connectivity index (χ3v) is 6.10. The maximum atomic E-state index is 14.2. The van der Waals surface area contributed by atoms with Gasteiger partial charge in [-0.25, -0.2) is 22.0 Å². The lowest BCUT2D eigenvalue weighted by Crippen LogP contribution is -2.67. The first-order chi connectivity index (χ1) is 11.9. The van der Waals surface area contributed by atoms with Crippen LogP contribution in [0.5, 0.6) is 0 Å². The van der Waals surface area contributed by atoms with E-state index in [1.807, 2.05) is 5.32 Å². The van der Waals surface area contributed by atoms with E-state index in [0.29, 0.717) is 19.3 Å². The first kappa shape index (κ1) is 20.1. The van der Waals surface area contributed by atoms with Crippen LogP contribution < -0.4 is 5.32 Å². The van der Waals surface area contributed by atoms with Gasteiger partial charge in [-0.3, -0.25) is 5.32 Å². The minimum absolute atomic E-state index is 0.193. The fourth-order valence-corrected chi connectivity index (χ4v) is 5.33. The summed E-state index contributed by atoms with van der Waals surface area (Å²) in [4.78, 5) is 0. The molecule has 4 aliphatic carbocycles. The van der Waals surface area contributed by atoms with E-state index < -0.39 is 42.4 Å². The third kappa shape index (κ3) is 3.20. The van der Waals surface area contributed by atoms with E-state index in [0.717, 1.165) is 19.3 Å². The lowest BCUT2D eigenvalue weighted by molar-refractivity contribution is -0.284. The molecule has 0 spiro atoms. The molecule has 0 radical (unpaired) electrons. The average molecular weight is 397 g/mol. The van der Waals surface area contributed by atoms with Gasteiger partial charge in [-0.15, -0.1) is 0 Å². The number of hydrogen-bond donors (Lipinski definition) is 1. The van der Waals surface area contributed by atoms with Crippen LogP contribution in [-0.4, -0.2) is 42.4 Å². The highest BCUT2D eigenvalue weighted by molar-refractivity contribution is 5.09. The van der Waals surface area contributed by atoms with Crippen molar-refractivity contribution in [3.8, 4) is 0 Å². The molecule has 4 saturated carbocycles. The van der Waals surface area contributed by atoms with E-state index >= 15 is 0 Å². The fraction of sp³-hybridized carbons (Fsp3) is 1.00. The van der Waals surface area contributed by atoms with Gasteiger partial charge in [-0.05, 0) is 56.3 Å². The highest BCUT2D eigenvalue weighted by atomic mass is 19.3. The number of nitrogens with one attached hydrogen (secondary N) is 1. The summed E-state index contributed by atoms with van der Waals surface area (Å²) >= 11 is 0. The zero-order chi connectivity index (χ0) is 19.5. The molecular formula is C16H20F9N. The standard InChI is InChI=1S/C16H20F9N/c17-10(12(19)20)11(18)15(22,23)16(24,25)13(21)26-14-4-7-1-8(5-14)3-9(2-7)6-14/h7-13,26H,1-6H2. The van der Waals surface area contributed by atoms with Gasteiger partial charge < -0.3 is 0 Å². The van der Waals surface area contributed by atoms with Gasteiger partial charge in [0.1, 0.15) is 0 Å². The van der Waals surface area contributed by atoms with Crippen molar-refractivity contribution in [1.82, 2.24) is 5.32 Å².